The first-order valence-corrected chi connectivity index (χ1v) is 8.45. The molecule has 1 amide bonds. The smallest absolute Gasteiger partial charge is 0.307 e. The SMILES string of the molecule is CC(C)C(NC(=O)C1CCCCC1C(=O)O)c1cccs1. The molecule has 1 aromatic heterocycles. The molecule has 0 radical (unpaired) electrons. The van der Waals surface area contributed by atoms with Crippen LogP contribution in [0.15, 0.2) is 17.5 Å². The van der Waals surface area contributed by atoms with Crippen molar-refractivity contribution in [2.45, 2.75) is 45.6 Å². The van der Waals surface area contributed by atoms with Crippen LogP contribution in [0.1, 0.15) is 50.4 Å². The molecule has 0 saturated heterocycles. The van der Waals surface area contributed by atoms with Gasteiger partial charge in [-0.15, -0.1) is 11.3 Å². The number of carboxylic acids is 1. The Morgan fingerprint density at radius 2 is 1.95 bits per heavy atom. The first kappa shape index (κ1) is 16.0. The van der Waals surface area contributed by atoms with E-state index in [2.05, 4.69) is 19.2 Å². The van der Waals surface area contributed by atoms with Crippen LogP contribution in [0.3, 0.4) is 0 Å². The average Bonchev–Trinajstić information content (AvgIpc) is 2.97. The molecule has 1 aromatic rings. The third-order valence-electron chi connectivity index (χ3n) is 4.23. The predicted octanol–water partition coefficient (Wildman–Crippen LogP) is 3.45. The van der Waals surface area contributed by atoms with E-state index in [-0.39, 0.29) is 17.9 Å². The topological polar surface area (TPSA) is 66.4 Å². The van der Waals surface area contributed by atoms with Gasteiger partial charge in [-0.05, 0) is 30.2 Å². The van der Waals surface area contributed by atoms with Crippen LogP contribution < -0.4 is 5.32 Å². The second-order valence-corrected chi connectivity index (χ2v) is 7.06. The van der Waals surface area contributed by atoms with Gasteiger partial charge >= 0.3 is 5.97 Å². The van der Waals surface area contributed by atoms with E-state index in [1.807, 2.05) is 17.5 Å². The Balaban J connectivity index is 2.09. The summed E-state index contributed by atoms with van der Waals surface area (Å²) in [5, 5.41) is 14.4. The van der Waals surface area contributed by atoms with Crippen LogP contribution in [0.25, 0.3) is 0 Å². The van der Waals surface area contributed by atoms with E-state index in [0.717, 1.165) is 17.7 Å². The van der Waals surface area contributed by atoms with E-state index in [0.29, 0.717) is 12.8 Å². The number of hydrogen-bond donors (Lipinski definition) is 2. The number of thiophene rings is 1. The molecule has 1 heterocycles. The van der Waals surface area contributed by atoms with Crippen LogP contribution in [0, 0.1) is 17.8 Å². The summed E-state index contributed by atoms with van der Waals surface area (Å²) < 4.78 is 0. The summed E-state index contributed by atoms with van der Waals surface area (Å²) in [6, 6.07) is 3.96. The Morgan fingerprint density at radius 1 is 1.29 bits per heavy atom. The summed E-state index contributed by atoms with van der Waals surface area (Å²) in [6.07, 6.45) is 3.13. The Bertz CT molecular complexity index is 484. The lowest BCUT2D eigenvalue weighted by Gasteiger charge is -2.30. The van der Waals surface area contributed by atoms with Crippen LogP contribution in [0.5, 0.6) is 0 Å². The molecule has 21 heavy (non-hydrogen) atoms. The van der Waals surface area contributed by atoms with E-state index in [1.54, 1.807) is 11.3 Å². The highest BCUT2D eigenvalue weighted by atomic mass is 32.1. The molecule has 0 aliphatic heterocycles. The highest BCUT2D eigenvalue weighted by Gasteiger charge is 2.36. The summed E-state index contributed by atoms with van der Waals surface area (Å²) in [7, 11) is 0. The number of carbonyl (C=O) groups excluding carboxylic acids is 1. The van der Waals surface area contributed by atoms with Crippen LogP contribution in [-0.2, 0) is 9.59 Å². The summed E-state index contributed by atoms with van der Waals surface area (Å²) in [4.78, 5) is 25.0. The van der Waals surface area contributed by atoms with E-state index >= 15 is 0 Å². The first-order valence-electron chi connectivity index (χ1n) is 7.57. The van der Waals surface area contributed by atoms with Gasteiger partial charge in [0.05, 0.1) is 17.9 Å². The van der Waals surface area contributed by atoms with E-state index in [4.69, 9.17) is 0 Å². The van der Waals surface area contributed by atoms with E-state index in [1.165, 1.54) is 0 Å². The number of amides is 1. The molecule has 0 aromatic carbocycles. The molecular weight excluding hydrogens is 286 g/mol. The molecular formula is C16H23NO3S. The summed E-state index contributed by atoms with van der Waals surface area (Å²) in [5.74, 6) is -1.59. The van der Waals surface area contributed by atoms with Gasteiger partial charge in [0, 0.05) is 4.88 Å². The van der Waals surface area contributed by atoms with Gasteiger partial charge in [0.25, 0.3) is 0 Å². The minimum Gasteiger partial charge on any atom is -0.481 e. The minimum absolute atomic E-state index is 0.0335. The van der Waals surface area contributed by atoms with Crippen LogP contribution in [0.4, 0.5) is 0 Å². The zero-order chi connectivity index (χ0) is 15.4. The summed E-state index contributed by atoms with van der Waals surface area (Å²) in [5.41, 5.74) is 0. The Kier molecular flexibility index (Phi) is 5.39. The molecule has 0 bridgehead atoms. The van der Waals surface area contributed by atoms with E-state index in [9.17, 15) is 14.7 Å². The number of aliphatic carboxylic acids is 1. The quantitative estimate of drug-likeness (QED) is 0.875. The molecule has 2 N–H and O–H groups in total. The zero-order valence-corrected chi connectivity index (χ0v) is 13.4. The largest absolute Gasteiger partial charge is 0.481 e. The molecule has 1 saturated carbocycles. The van der Waals surface area contributed by atoms with Crippen molar-refractivity contribution >= 4 is 23.2 Å². The summed E-state index contributed by atoms with van der Waals surface area (Å²) in [6.45, 7) is 4.14. The predicted molar refractivity (Wildman–Crippen MR) is 83.1 cm³/mol. The monoisotopic (exact) mass is 309 g/mol. The fourth-order valence-corrected chi connectivity index (χ4v) is 3.98. The number of carbonyl (C=O) groups is 2. The maximum Gasteiger partial charge on any atom is 0.307 e. The van der Waals surface area contributed by atoms with Gasteiger partial charge in [-0.3, -0.25) is 9.59 Å². The van der Waals surface area contributed by atoms with Crippen molar-refractivity contribution in [2.75, 3.05) is 0 Å². The van der Waals surface area contributed by atoms with Gasteiger partial charge in [0.15, 0.2) is 0 Å². The maximum atomic E-state index is 12.6. The normalized spacial score (nSPS) is 23.8. The second kappa shape index (κ2) is 7.07. The lowest BCUT2D eigenvalue weighted by molar-refractivity contribution is -0.149. The van der Waals surface area contributed by atoms with Gasteiger partial charge in [0.1, 0.15) is 0 Å². The van der Waals surface area contributed by atoms with Crippen LogP contribution >= 0.6 is 11.3 Å². The van der Waals surface area contributed by atoms with Gasteiger partial charge in [-0.1, -0.05) is 32.8 Å². The fraction of sp³-hybridized carbons (Fsp3) is 0.625. The van der Waals surface area contributed by atoms with Gasteiger partial charge in [0.2, 0.25) is 5.91 Å². The minimum atomic E-state index is -0.841. The molecule has 5 heteroatoms. The molecule has 116 valence electrons. The van der Waals surface area contributed by atoms with Crippen molar-refractivity contribution in [3.63, 3.8) is 0 Å². The molecule has 0 spiro atoms. The lowest BCUT2D eigenvalue weighted by atomic mass is 9.78. The number of nitrogens with one attached hydrogen (secondary N) is 1. The molecule has 3 unspecified atom stereocenters. The zero-order valence-electron chi connectivity index (χ0n) is 12.5. The van der Waals surface area contributed by atoms with Crippen molar-refractivity contribution in [2.24, 2.45) is 17.8 Å². The Morgan fingerprint density at radius 3 is 2.48 bits per heavy atom. The molecule has 4 nitrogen and oxygen atoms in total. The Hall–Kier alpha value is -1.36. The van der Waals surface area contributed by atoms with Crippen molar-refractivity contribution < 1.29 is 14.7 Å². The first-order chi connectivity index (χ1) is 10.0. The Labute approximate surface area is 129 Å². The van der Waals surface area contributed by atoms with Crippen molar-refractivity contribution in [3.8, 4) is 0 Å². The van der Waals surface area contributed by atoms with Crippen molar-refractivity contribution in [3.05, 3.63) is 22.4 Å². The molecule has 2 rings (SSSR count). The molecule has 3 atom stereocenters. The maximum absolute atomic E-state index is 12.6. The molecule has 1 fully saturated rings. The molecule has 1 aliphatic rings. The van der Waals surface area contributed by atoms with Crippen LogP contribution in [0.2, 0.25) is 0 Å². The lowest BCUT2D eigenvalue weighted by Crippen LogP contribution is -2.42. The van der Waals surface area contributed by atoms with Crippen LogP contribution in [-0.4, -0.2) is 17.0 Å². The highest BCUT2D eigenvalue weighted by Crippen LogP contribution is 2.32. The second-order valence-electron chi connectivity index (χ2n) is 6.08. The standard InChI is InChI=1S/C16H23NO3S/c1-10(2)14(13-8-5-9-21-13)17-15(18)11-6-3-4-7-12(11)16(19)20/h5,8-12,14H,3-4,6-7H2,1-2H3,(H,17,18)(H,19,20). The van der Waals surface area contributed by atoms with Crippen molar-refractivity contribution in [1.82, 2.24) is 5.32 Å². The average molecular weight is 309 g/mol. The highest BCUT2D eigenvalue weighted by molar-refractivity contribution is 7.10. The summed E-state index contributed by atoms with van der Waals surface area (Å²) >= 11 is 1.62. The number of carboxylic acid groups (broad SMARTS) is 1. The number of hydrogen-bond acceptors (Lipinski definition) is 3. The molecule has 1 aliphatic carbocycles. The third-order valence-corrected chi connectivity index (χ3v) is 5.19. The number of rotatable bonds is 5. The van der Waals surface area contributed by atoms with Crippen molar-refractivity contribution in [1.29, 1.82) is 0 Å². The van der Waals surface area contributed by atoms with Gasteiger partial charge < -0.3 is 10.4 Å². The third kappa shape index (κ3) is 3.84. The van der Waals surface area contributed by atoms with E-state index < -0.39 is 17.8 Å². The fourth-order valence-electron chi connectivity index (χ4n) is 3.04. The van der Waals surface area contributed by atoms with Gasteiger partial charge in [-0.25, -0.2) is 0 Å². The van der Waals surface area contributed by atoms with Gasteiger partial charge in [-0.2, -0.15) is 0 Å².